The highest BCUT2D eigenvalue weighted by Gasteiger charge is 2.35. The van der Waals surface area contributed by atoms with E-state index in [9.17, 15) is 33.9 Å². The number of amides is 5. The first-order valence-corrected chi connectivity index (χ1v) is 14.3. The Balaban J connectivity index is 1.48. The summed E-state index contributed by atoms with van der Waals surface area (Å²) in [5.41, 5.74) is 0. The number of carbonyl (C=O) groups excluding carboxylic acids is 5. The Kier molecular flexibility index (Phi) is 10.2. The van der Waals surface area contributed by atoms with Crippen LogP contribution in [0.1, 0.15) is 32.6 Å². The Bertz CT molecular complexity index is 885. The molecule has 0 aromatic heterocycles. The molecule has 0 spiro atoms. The van der Waals surface area contributed by atoms with E-state index in [2.05, 4.69) is 26.6 Å². The van der Waals surface area contributed by atoms with Crippen molar-refractivity contribution in [1.29, 1.82) is 0 Å². The second-order valence-corrected chi connectivity index (χ2v) is 11.4. The SMILES string of the molecule is C[C@H](NC(=O)[C@@H]1CCCN1)C(=O)N[C@H]1CSSC[C@@H](C(=O)NCC(=O)N2CCC[C@H]2C(=O)O)NC1=O. The molecule has 200 valence electrons. The predicted molar refractivity (Wildman–Crippen MR) is 133 cm³/mol. The fourth-order valence-electron chi connectivity index (χ4n) is 4.16. The van der Waals surface area contributed by atoms with Crippen LogP contribution in [0.4, 0.5) is 0 Å². The van der Waals surface area contributed by atoms with E-state index in [1.54, 1.807) is 0 Å². The number of rotatable bonds is 8. The van der Waals surface area contributed by atoms with Gasteiger partial charge in [-0.15, -0.1) is 0 Å². The Morgan fingerprint density at radius 1 is 1.08 bits per heavy atom. The lowest BCUT2D eigenvalue weighted by Crippen LogP contribution is -2.59. The minimum Gasteiger partial charge on any atom is -0.480 e. The van der Waals surface area contributed by atoms with Crippen LogP contribution in [0.15, 0.2) is 0 Å². The Labute approximate surface area is 216 Å². The number of aliphatic carboxylic acids is 1. The quantitative estimate of drug-likeness (QED) is 0.183. The summed E-state index contributed by atoms with van der Waals surface area (Å²) in [5.74, 6) is -2.97. The molecular weight excluding hydrogens is 512 g/mol. The monoisotopic (exact) mass is 544 g/mol. The lowest BCUT2D eigenvalue weighted by Gasteiger charge is -2.27. The van der Waals surface area contributed by atoms with Crippen molar-refractivity contribution in [3.8, 4) is 0 Å². The van der Waals surface area contributed by atoms with Crippen LogP contribution < -0.4 is 26.6 Å². The number of hydrogen-bond acceptors (Lipinski definition) is 9. The van der Waals surface area contributed by atoms with Crippen molar-refractivity contribution in [3.05, 3.63) is 0 Å². The van der Waals surface area contributed by atoms with Gasteiger partial charge in [-0.05, 0) is 39.2 Å². The average molecular weight is 545 g/mol. The van der Waals surface area contributed by atoms with Crippen molar-refractivity contribution >= 4 is 57.1 Å². The van der Waals surface area contributed by atoms with Gasteiger partial charge in [-0.1, -0.05) is 21.6 Å². The molecule has 0 unspecified atom stereocenters. The van der Waals surface area contributed by atoms with Crippen LogP contribution in [-0.4, -0.2) is 107 Å². The summed E-state index contributed by atoms with van der Waals surface area (Å²) in [6, 6.07) is -3.93. The minimum atomic E-state index is -1.08. The van der Waals surface area contributed by atoms with Gasteiger partial charge in [0.1, 0.15) is 24.2 Å². The number of likely N-dealkylation sites (tertiary alicyclic amines) is 1. The maximum Gasteiger partial charge on any atom is 0.326 e. The highest BCUT2D eigenvalue weighted by atomic mass is 33.1. The van der Waals surface area contributed by atoms with Crippen molar-refractivity contribution in [2.75, 3.05) is 31.1 Å². The molecule has 0 saturated carbocycles. The van der Waals surface area contributed by atoms with Crippen LogP contribution in [0, 0.1) is 0 Å². The summed E-state index contributed by atoms with van der Waals surface area (Å²) in [6.45, 7) is 2.23. The van der Waals surface area contributed by atoms with Gasteiger partial charge < -0.3 is 36.6 Å². The zero-order valence-corrected chi connectivity index (χ0v) is 21.5. The highest BCUT2D eigenvalue weighted by Crippen LogP contribution is 2.25. The van der Waals surface area contributed by atoms with Gasteiger partial charge in [-0.3, -0.25) is 24.0 Å². The van der Waals surface area contributed by atoms with E-state index in [4.69, 9.17) is 0 Å². The lowest BCUT2D eigenvalue weighted by atomic mass is 10.2. The van der Waals surface area contributed by atoms with Crippen molar-refractivity contribution in [1.82, 2.24) is 31.5 Å². The molecule has 5 atom stereocenters. The van der Waals surface area contributed by atoms with Crippen molar-refractivity contribution in [3.63, 3.8) is 0 Å². The van der Waals surface area contributed by atoms with Gasteiger partial charge in [0.25, 0.3) is 0 Å². The molecule has 15 heteroatoms. The Morgan fingerprint density at radius 2 is 1.83 bits per heavy atom. The third kappa shape index (κ3) is 7.49. The topological polar surface area (TPSA) is 186 Å². The summed E-state index contributed by atoms with van der Waals surface area (Å²) >= 11 is 0. The molecule has 3 aliphatic heterocycles. The van der Waals surface area contributed by atoms with Gasteiger partial charge in [0.2, 0.25) is 29.5 Å². The van der Waals surface area contributed by atoms with Gasteiger partial charge in [-0.2, -0.15) is 0 Å². The molecule has 0 aliphatic carbocycles. The van der Waals surface area contributed by atoms with Gasteiger partial charge in [-0.25, -0.2) is 4.79 Å². The molecule has 0 aromatic carbocycles. The number of nitrogens with one attached hydrogen (secondary N) is 5. The molecular formula is C21H32N6O7S2. The fourth-order valence-corrected chi connectivity index (χ4v) is 6.49. The van der Waals surface area contributed by atoms with Gasteiger partial charge in [0.15, 0.2) is 0 Å². The highest BCUT2D eigenvalue weighted by molar-refractivity contribution is 8.76. The van der Waals surface area contributed by atoms with E-state index in [1.807, 2.05) is 0 Å². The third-order valence-electron chi connectivity index (χ3n) is 6.22. The largest absolute Gasteiger partial charge is 0.480 e. The van der Waals surface area contributed by atoms with Crippen molar-refractivity contribution in [2.45, 2.75) is 62.8 Å². The lowest BCUT2D eigenvalue weighted by molar-refractivity contribution is -0.148. The van der Waals surface area contributed by atoms with Gasteiger partial charge in [0, 0.05) is 18.1 Å². The second-order valence-electron chi connectivity index (χ2n) is 8.87. The molecule has 0 bridgehead atoms. The van der Waals surface area contributed by atoms with Crippen LogP contribution in [0.5, 0.6) is 0 Å². The normalized spacial score (nSPS) is 27.2. The maximum absolute atomic E-state index is 12.8. The van der Waals surface area contributed by atoms with Crippen LogP contribution in [0.2, 0.25) is 0 Å². The number of nitrogens with zero attached hydrogens (tertiary/aromatic N) is 1. The van der Waals surface area contributed by atoms with Crippen LogP contribution in [0.3, 0.4) is 0 Å². The van der Waals surface area contributed by atoms with Crippen LogP contribution in [0.25, 0.3) is 0 Å². The Hall–Kier alpha value is -2.52. The summed E-state index contributed by atoms with van der Waals surface area (Å²) in [6.07, 6.45) is 2.54. The standard InChI is InChI=1S/C21H32N6O7S2/c1-11(24-19(31)12-4-2-6-22-12)17(29)25-14-10-36-35-9-13(26-20(14)32)18(30)23-8-16(28)27-7-3-5-15(27)21(33)34/h11-15,22H,2-10H2,1H3,(H,23,30)(H,24,31)(H,25,29)(H,26,32)(H,33,34)/t11-,12-,13-,14-,15-/m0/s1. The summed E-state index contributed by atoms with van der Waals surface area (Å²) in [5, 5.41) is 22.6. The van der Waals surface area contributed by atoms with Crippen LogP contribution in [-0.2, 0) is 28.8 Å². The average Bonchev–Trinajstić information content (AvgIpc) is 3.54. The molecule has 0 aromatic rings. The molecule has 6 N–H and O–H groups in total. The molecule has 0 radical (unpaired) electrons. The maximum atomic E-state index is 12.8. The second kappa shape index (κ2) is 13.1. The summed E-state index contributed by atoms with van der Waals surface area (Å²) < 4.78 is 0. The van der Waals surface area contributed by atoms with E-state index in [0.717, 1.165) is 13.0 Å². The number of carboxylic acids is 1. The first-order chi connectivity index (χ1) is 17.2. The van der Waals surface area contributed by atoms with E-state index in [0.29, 0.717) is 25.8 Å². The van der Waals surface area contributed by atoms with Gasteiger partial charge >= 0.3 is 5.97 Å². The fraction of sp³-hybridized carbons (Fsp3) is 0.714. The van der Waals surface area contributed by atoms with Gasteiger partial charge in [0.05, 0.1) is 12.6 Å². The zero-order valence-electron chi connectivity index (χ0n) is 19.9. The van der Waals surface area contributed by atoms with Crippen molar-refractivity contribution < 1.29 is 33.9 Å². The molecule has 3 saturated heterocycles. The molecule has 3 heterocycles. The van der Waals surface area contributed by atoms with E-state index in [1.165, 1.54) is 33.4 Å². The summed E-state index contributed by atoms with van der Waals surface area (Å²) in [4.78, 5) is 75.2. The number of hydrogen-bond donors (Lipinski definition) is 6. The van der Waals surface area contributed by atoms with E-state index in [-0.39, 0.29) is 30.0 Å². The van der Waals surface area contributed by atoms with Crippen molar-refractivity contribution in [2.24, 2.45) is 0 Å². The first-order valence-electron chi connectivity index (χ1n) is 11.9. The Morgan fingerprint density at radius 3 is 2.53 bits per heavy atom. The first kappa shape index (κ1) is 28.1. The molecule has 13 nitrogen and oxygen atoms in total. The molecule has 3 fully saturated rings. The number of carboxylic acid groups (broad SMARTS) is 1. The molecule has 3 aliphatic rings. The molecule has 5 amide bonds. The smallest absolute Gasteiger partial charge is 0.326 e. The summed E-state index contributed by atoms with van der Waals surface area (Å²) in [7, 11) is 2.66. The van der Waals surface area contributed by atoms with E-state index >= 15 is 0 Å². The molecule has 3 rings (SSSR count). The predicted octanol–water partition coefficient (Wildman–Crippen LogP) is -2.20. The van der Waals surface area contributed by atoms with Crippen LogP contribution >= 0.6 is 21.6 Å². The zero-order chi connectivity index (χ0) is 26.2. The minimum absolute atomic E-state index is 0.249. The molecule has 36 heavy (non-hydrogen) atoms. The third-order valence-corrected chi connectivity index (χ3v) is 8.64. The number of carbonyl (C=O) groups is 6. The van der Waals surface area contributed by atoms with E-state index < -0.39 is 53.8 Å².